The Morgan fingerprint density at radius 2 is 1.80 bits per heavy atom. The van der Waals surface area contributed by atoms with Crippen molar-refractivity contribution in [1.29, 1.82) is 0 Å². The third-order valence-corrected chi connectivity index (χ3v) is 5.02. The molecule has 0 fully saturated rings. The van der Waals surface area contributed by atoms with Crippen LogP contribution in [-0.4, -0.2) is 44.1 Å². The fourth-order valence-electron chi connectivity index (χ4n) is 3.27. The summed E-state index contributed by atoms with van der Waals surface area (Å²) in [6.07, 6.45) is -1.98. The second kappa shape index (κ2) is 11.1. The topological polar surface area (TPSA) is 77.4 Å². The average molecular weight is 490 g/mol. The summed E-state index contributed by atoms with van der Waals surface area (Å²) in [5.41, 5.74) is -1.35. The highest BCUT2D eigenvalue weighted by Crippen LogP contribution is 2.34. The largest absolute Gasteiger partial charge is 0.493 e. The van der Waals surface area contributed by atoms with Gasteiger partial charge in [-0.1, -0.05) is 19.4 Å². The van der Waals surface area contributed by atoms with E-state index in [4.69, 9.17) is 14.2 Å². The number of methoxy groups -OCH3 is 1. The van der Waals surface area contributed by atoms with Gasteiger partial charge in [-0.05, 0) is 61.4 Å². The summed E-state index contributed by atoms with van der Waals surface area (Å²) in [4.78, 5) is 24.8. The van der Waals surface area contributed by atoms with Crippen molar-refractivity contribution in [2.24, 2.45) is 5.10 Å². The summed E-state index contributed by atoms with van der Waals surface area (Å²) in [6.45, 7) is 4.32. The number of anilines is 1. The van der Waals surface area contributed by atoms with Crippen molar-refractivity contribution in [2.75, 3.05) is 25.3 Å². The van der Waals surface area contributed by atoms with E-state index in [-0.39, 0.29) is 17.9 Å². The van der Waals surface area contributed by atoms with E-state index in [9.17, 15) is 22.8 Å². The Bertz CT molecular complexity index is 1140. The molecule has 0 atom stereocenters. The lowest BCUT2D eigenvalue weighted by Crippen LogP contribution is -2.25. The van der Waals surface area contributed by atoms with Gasteiger partial charge in [-0.15, -0.1) is 0 Å². The Kier molecular flexibility index (Phi) is 8.16. The normalized spacial score (nSPS) is 14.8. The average Bonchev–Trinajstić information content (AvgIpc) is 3.16. The first kappa shape index (κ1) is 25.8. The number of unbranched alkanes of at least 4 members (excludes halogenated alkanes) is 1. The monoisotopic (exact) mass is 490 g/mol. The number of alkyl halides is 3. The quantitative estimate of drug-likeness (QED) is 0.267. The smallest absolute Gasteiger partial charge is 0.435 e. The summed E-state index contributed by atoms with van der Waals surface area (Å²) in [5, 5.41) is 4.20. The summed E-state index contributed by atoms with van der Waals surface area (Å²) in [6, 6.07) is 9.98. The molecule has 0 saturated heterocycles. The lowest BCUT2D eigenvalue weighted by Gasteiger charge is -2.12. The van der Waals surface area contributed by atoms with Crippen LogP contribution in [-0.2, 0) is 9.53 Å². The number of hydrogen-bond acceptors (Lipinski definition) is 6. The zero-order valence-electron chi connectivity index (χ0n) is 19.5. The van der Waals surface area contributed by atoms with Crippen molar-refractivity contribution >= 4 is 29.4 Å². The molecule has 0 spiro atoms. The molecule has 2 aromatic rings. The molecule has 0 N–H and O–H groups in total. The summed E-state index contributed by atoms with van der Waals surface area (Å²) >= 11 is 0. The standard InChI is InChI=1S/C25H25F3N2O5/c1-4-6-13-35-20-12-7-16(15-21(20)33-3)14-19-22(25(26,27)28)29-30(23(19)31)18-10-8-17(9-11-18)24(32)34-5-2/h7-12,14-15H,4-6,13H2,1-3H3/b19-14-. The van der Waals surface area contributed by atoms with Gasteiger partial charge in [0.25, 0.3) is 5.91 Å². The molecule has 0 aromatic heterocycles. The Balaban J connectivity index is 1.93. The summed E-state index contributed by atoms with van der Waals surface area (Å²) < 4.78 is 57.1. The van der Waals surface area contributed by atoms with Gasteiger partial charge in [-0.2, -0.15) is 23.3 Å². The number of halogens is 3. The molecular weight excluding hydrogens is 465 g/mol. The minimum atomic E-state index is -4.87. The number of carbonyl (C=O) groups is 2. The molecule has 2 aromatic carbocycles. The Morgan fingerprint density at radius 1 is 1.09 bits per heavy atom. The van der Waals surface area contributed by atoms with Crippen LogP contribution in [0, 0.1) is 0 Å². The van der Waals surface area contributed by atoms with Crippen LogP contribution >= 0.6 is 0 Å². The first-order valence-corrected chi connectivity index (χ1v) is 11.0. The van der Waals surface area contributed by atoms with Gasteiger partial charge in [0.05, 0.1) is 37.1 Å². The predicted molar refractivity (Wildman–Crippen MR) is 125 cm³/mol. The minimum absolute atomic E-state index is 0.0745. The summed E-state index contributed by atoms with van der Waals surface area (Å²) in [7, 11) is 1.42. The molecule has 7 nitrogen and oxygen atoms in total. The number of ether oxygens (including phenoxy) is 3. The van der Waals surface area contributed by atoms with Crippen LogP contribution in [0.15, 0.2) is 53.1 Å². The number of nitrogens with zero attached hydrogens (tertiary/aromatic N) is 2. The van der Waals surface area contributed by atoms with E-state index in [0.29, 0.717) is 28.7 Å². The zero-order valence-corrected chi connectivity index (χ0v) is 19.5. The van der Waals surface area contributed by atoms with Crippen LogP contribution in [0.3, 0.4) is 0 Å². The van der Waals surface area contributed by atoms with Crippen LogP contribution in [0.5, 0.6) is 11.5 Å². The maximum Gasteiger partial charge on any atom is 0.435 e. The van der Waals surface area contributed by atoms with Crippen LogP contribution in [0.2, 0.25) is 0 Å². The number of amides is 1. The van der Waals surface area contributed by atoms with Crippen LogP contribution in [0.25, 0.3) is 6.08 Å². The van der Waals surface area contributed by atoms with Gasteiger partial charge < -0.3 is 14.2 Å². The van der Waals surface area contributed by atoms with E-state index in [1.165, 1.54) is 43.5 Å². The molecule has 1 aliphatic heterocycles. The van der Waals surface area contributed by atoms with Gasteiger partial charge in [0, 0.05) is 0 Å². The van der Waals surface area contributed by atoms with Gasteiger partial charge in [0.15, 0.2) is 17.2 Å². The number of carbonyl (C=O) groups excluding carboxylic acids is 2. The van der Waals surface area contributed by atoms with E-state index in [1.54, 1.807) is 13.0 Å². The molecule has 0 aliphatic carbocycles. The Morgan fingerprint density at radius 3 is 2.40 bits per heavy atom. The molecular formula is C25H25F3N2O5. The molecule has 1 amide bonds. The number of hydrazone groups is 1. The van der Waals surface area contributed by atoms with E-state index < -0.39 is 29.3 Å². The molecule has 3 rings (SSSR count). The van der Waals surface area contributed by atoms with Gasteiger partial charge >= 0.3 is 12.1 Å². The molecule has 1 aliphatic rings. The maximum absolute atomic E-state index is 13.8. The summed E-state index contributed by atoms with van der Waals surface area (Å²) in [5.74, 6) is -0.752. The number of esters is 1. The highest BCUT2D eigenvalue weighted by atomic mass is 19.4. The molecule has 0 radical (unpaired) electrons. The molecule has 0 unspecified atom stereocenters. The third-order valence-electron chi connectivity index (χ3n) is 5.02. The fraction of sp³-hybridized carbons (Fsp3) is 0.320. The Labute approximate surface area is 200 Å². The highest BCUT2D eigenvalue weighted by molar-refractivity contribution is 6.34. The van der Waals surface area contributed by atoms with Gasteiger partial charge in [-0.25, -0.2) is 4.79 Å². The van der Waals surface area contributed by atoms with Gasteiger partial charge in [0.1, 0.15) is 0 Å². The van der Waals surface area contributed by atoms with Crippen LogP contribution in [0.4, 0.5) is 18.9 Å². The lowest BCUT2D eigenvalue weighted by atomic mass is 10.1. The molecule has 0 saturated carbocycles. The van der Waals surface area contributed by atoms with Crippen LogP contribution < -0.4 is 14.5 Å². The van der Waals surface area contributed by atoms with Gasteiger partial charge in [0.2, 0.25) is 0 Å². The van der Waals surface area contributed by atoms with Crippen molar-refractivity contribution in [3.63, 3.8) is 0 Å². The molecule has 1 heterocycles. The lowest BCUT2D eigenvalue weighted by molar-refractivity contribution is -0.114. The van der Waals surface area contributed by atoms with Crippen molar-refractivity contribution in [2.45, 2.75) is 32.9 Å². The van der Waals surface area contributed by atoms with E-state index in [2.05, 4.69) is 5.10 Å². The van der Waals surface area contributed by atoms with Gasteiger partial charge in [-0.3, -0.25) is 4.79 Å². The molecule has 10 heteroatoms. The van der Waals surface area contributed by atoms with Crippen molar-refractivity contribution in [1.82, 2.24) is 0 Å². The predicted octanol–water partition coefficient (Wildman–Crippen LogP) is 5.40. The second-order valence-electron chi connectivity index (χ2n) is 7.50. The fourth-order valence-corrected chi connectivity index (χ4v) is 3.27. The number of hydrogen-bond donors (Lipinski definition) is 0. The second-order valence-corrected chi connectivity index (χ2v) is 7.50. The SMILES string of the molecule is CCCCOc1ccc(/C=C2\C(=O)N(c3ccc(C(=O)OCC)cc3)N=C2C(F)(F)F)cc1OC. The maximum atomic E-state index is 13.8. The third kappa shape index (κ3) is 6.00. The first-order valence-electron chi connectivity index (χ1n) is 11.0. The van der Waals surface area contributed by atoms with Crippen molar-refractivity contribution in [3.05, 3.63) is 59.2 Å². The van der Waals surface area contributed by atoms with Crippen molar-refractivity contribution in [3.8, 4) is 11.5 Å². The minimum Gasteiger partial charge on any atom is -0.493 e. The Hall–Kier alpha value is -3.82. The van der Waals surface area contributed by atoms with E-state index in [1.807, 2.05) is 6.92 Å². The number of rotatable bonds is 9. The first-order chi connectivity index (χ1) is 16.7. The van der Waals surface area contributed by atoms with E-state index >= 15 is 0 Å². The molecule has 0 bridgehead atoms. The van der Waals surface area contributed by atoms with Crippen molar-refractivity contribution < 1.29 is 37.0 Å². The van der Waals surface area contributed by atoms with Crippen LogP contribution in [0.1, 0.15) is 42.6 Å². The number of benzene rings is 2. The van der Waals surface area contributed by atoms with E-state index in [0.717, 1.165) is 18.9 Å². The zero-order chi connectivity index (χ0) is 25.6. The molecule has 35 heavy (non-hydrogen) atoms. The molecule has 186 valence electrons. The highest BCUT2D eigenvalue weighted by Gasteiger charge is 2.46.